The number of rotatable bonds is 10. The summed E-state index contributed by atoms with van der Waals surface area (Å²) in [5.41, 5.74) is 14.2. The molecule has 0 bridgehead atoms. The van der Waals surface area contributed by atoms with Gasteiger partial charge in [0.15, 0.2) is 0 Å². The van der Waals surface area contributed by atoms with Crippen molar-refractivity contribution in [2.75, 3.05) is 9.80 Å². The van der Waals surface area contributed by atoms with Gasteiger partial charge in [0, 0.05) is 84.6 Å². The van der Waals surface area contributed by atoms with Gasteiger partial charge in [0.25, 0.3) is 0 Å². The Hall–Kier alpha value is -8.54. The highest BCUT2D eigenvalue weighted by molar-refractivity contribution is 7.26. The number of benzene rings is 12. The third kappa shape index (κ3) is 7.74. The van der Waals surface area contributed by atoms with Crippen LogP contribution in [0.2, 0.25) is 0 Å². The number of hydrogen-bond donors (Lipinski definition) is 0. The van der Waals surface area contributed by atoms with Crippen LogP contribution in [0.25, 0.3) is 94.9 Å². The van der Waals surface area contributed by atoms with Gasteiger partial charge >= 0.3 is 0 Å². The summed E-state index contributed by atoms with van der Waals surface area (Å²) in [6.07, 6.45) is 0. The Balaban J connectivity index is 1.06. The summed E-state index contributed by atoms with van der Waals surface area (Å²) in [7, 11) is 0. The lowest BCUT2D eigenvalue weighted by molar-refractivity contribution is 0.866. The molecule has 0 aliphatic rings. The van der Waals surface area contributed by atoms with Crippen molar-refractivity contribution in [2.24, 2.45) is 0 Å². The molecule has 364 valence electrons. The van der Waals surface area contributed by atoms with Gasteiger partial charge in [-0.05, 0) is 129 Å². The van der Waals surface area contributed by atoms with Gasteiger partial charge in [-0.2, -0.15) is 0 Å². The molecule has 0 unspecified atom stereocenters. The van der Waals surface area contributed by atoms with E-state index < -0.39 is 0 Å². The number of hydrogen-bond acceptors (Lipinski definition) is 4. The molecule has 0 aliphatic carbocycles. The first-order valence-corrected chi connectivity index (χ1v) is 28.2. The summed E-state index contributed by atoms with van der Waals surface area (Å²) >= 11 is 3.77. The molecule has 0 amide bonds. The molecule has 0 aliphatic heterocycles. The molecular formula is C72H54N2S2. The fourth-order valence-corrected chi connectivity index (χ4v) is 14.2. The Labute approximate surface area is 452 Å². The normalized spacial score (nSPS) is 11.9. The zero-order valence-electron chi connectivity index (χ0n) is 43.0. The van der Waals surface area contributed by atoms with Crippen LogP contribution in [-0.4, -0.2) is 0 Å². The number of fused-ring (bicyclic) bond motifs is 9. The van der Waals surface area contributed by atoms with Gasteiger partial charge in [0.05, 0.1) is 11.4 Å². The van der Waals surface area contributed by atoms with Gasteiger partial charge in [-0.1, -0.05) is 198 Å². The minimum Gasteiger partial charge on any atom is -0.309 e. The van der Waals surface area contributed by atoms with Crippen molar-refractivity contribution in [3.8, 4) is 22.3 Å². The molecule has 0 spiro atoms. The number of nitrogens with zero attached hydrogens (tertiary/aromatic N) is 2. The van der Waals surface area contributed by atoms with E-state index in [0.29, 0.717) is 11.8 Å². The molecule has 0 atom stereocenters. The average Bonchev–Trinajstić information content (AvgIpc) is 4.07. The largest absolute Gasteiger partial charge is 0.309 e. The first kappa shape index (κ1) is 46.0. The minimum absolute atomic E-state index is 0.343. The van der Waals surface area contributed by atoms with Crippen molar-refractivity contribution in [3.63, 3.8) is 0 Å². The highest BCUT2D eigenvalue weighted by Crippen LogP contribution is 2.52. The van der Waals surface area contributed by atoms with Crippen LogP contribution in [-0.2, 0) is 0 Å². The van der Waals surface area contributed by atoms with E-state index in [4.69, 9.17) is 0 Å². The minimum atomic E-state index is 0.343. The monoisotopic (exact) mass is 1010 g/mol. The molecule has 2 heterocycles. The van der Waals surface area contributed by atoms with Crippen molar-refractivity contribution in [1.29, 1.82) is 0 Å². The molecule has 4 heteroatoms. The van der Waals surface area contributed by atoms with Crippen molar-refractivity contribution >= 4 is 129 Å². The Morgan fingerprint density at radius 2 is 0.645 bits per heavy atom. The van der Waals surface area contributed by atoms with E-state index in [1.165, 1.54) is 106 Å². The van der Waals surface area contributed by atoms with Crippen LogP contribution in [0.1, 0.15) is 50.7 Å². The fraction of sp³-hybridized carbons (Fsp3) is 0.0833. The lowest BCUT2D eigenvalue weighted by atomic mass is 9.92. The average molecular weight is 1010 g/mol. The van der Waals surface area contributed by atoms with Crippen LogP contribution >= 0.6 is 22.7 Å². The predicted molar refractivity (Wildman–Crippen MR) is 333 cm³/mol. The molecule has 0 saturated carbocycles. The van der Waals surface area contributed by atoms with Crippen LogP contribution < -0.4 is 9.80 Å². The van der Waals surface area contributed by atoms with Gasteiger partial charge in [-0.3, -0.25) is 0 Å². The second-order valence-corrected chi connectivity index (χ2v) is 22.9. The summed E-state index contributed by atoms with van der Waals surface area (Å²) in [6, 6.07) is 91.1. The van der Waals surface area contributed by atoms with E-state index >= 15 is 0 Å². The van der Waals surface area contributed by atoms with E-state index in [2.05, 4.69) is 280 Å². The summed E-state index contributed by atoms with van der Waals surface area (Å²) in [5, 5.41) is 12.3. The van der Waals surface area contributed by atoms with Crippen LogP contribution in [0.15, 0.2) is 243 Å². The molecule has 14 rings (SSSR count). The molecule has 0 N–H and O–H groups in total. The third-order valence-corrected chi connectivity index (χ3v) is 17.9. The highest BCUT2D eigenvalue weighted by atomic mass is 32.1. The van der Waals surface area contributed by atoms with Crippen molar-refractivity contribution in [1.82, 2.24) is 0 Å². The van der Waals surface area contributed by atoms with Crippen LogP contribution in [0.5, 0.6) is 0 Å². The lowest BCUT2D eigenvalue weighted by Gasteiger charge is -2.32. The summed E-state index contributed by atoms with van der Waals surface area (Å²) in [6.45, 7) is 9.18. The van der Waals surface area contributed by atoms with Gasteiger partial charge < -0.3 is 9.80 Å². The fourth-order valence-electron chi connectivity index (χ4n) is 11.7. The van der Waals surface area contributed by atoms with Gasteiger partial charge in [0.2, 0.25) is 0 Å². The number of anilines is 6. The van der Waals surface area contributed by atoms with E-state index in [9.17, 15) is 0 Å². The predicted octanol–water partition coefficient (Wildman–Crippen LogP) is 22.4. The van der Waals surface area contributed by atoms with Gasteiger partial charge in [0.1, 0.15) is 0 Å². The molecule has 0 radical (unpaired) electrons. The maximum Gasteiger partial charge on any atom is 0.0619 e. The molecule has 2 nitrogen and oxygen atoms in total. The van der Waals surface area contributed by atoms with E-state index in [1.54, 1.807) is 0 Å². The zero-order chi connectivity index (χ0) is 51.0. The Morgan fingerprint density at radius 1 is 0.289 bits per heavy atom. The van der Waals surface area contributed by atoms with Crippen molar-refractivity contribution in [2.45, 2.75) is 39.5 Å². The standard InChI is InChI=1S/C72H54N2S2/c1-45(2)47-21-13-25-53(39-47)73(55-27-15-23-49(41-55)59-33-17-35-63-61-31-9-11-37-67(61)75-71(59)63)69-57-29-7-5-19-51(57)44-66-65(69)43-52-20-6-8-30-58(52)70(66)74(54-26-14-22-48(40-54)46(3)4)56-28-16-24-50(42-56)60-34-18-36-64-62-32-10-12-38-68(62)76-72(60)64/h5-46H,1-4H3. The molecule has 2 aromatic heterocycles. The third-order valence-electron chi connectivity index (χ3n) is 15.5. The summed E-state index contributed by atoms with van der Waals surface area (Å²) in [5.74, 6) is 0.686. The van der Waals surface area contributed by atoms with Gasteiger partial charge in [-0.15, -0.1) is 22.7 Å². The van der Waals surface area contributed by atoms with Crippen LogP contribution in [0.4, 0.5) is 34.1 Å². The number of thiophene rings is 2. The quantitative estimate of drug-likeness (QED) is 0.126. The summed E-state index contributed by atoms with van der Waals surface area (Å²) in [4.78, 5) is 5.11. The molecular weight excluding hydrogens is 957 g/mol. The maximum absolute atomic E-state index is 2.56. The van der Waals surface area contributed by atoms with E-state index in [-0.39, 0.29) is 0 Å². The topological polar surface area (TPSA) is 6.48 Å². The SMILES string of the molecule is CC(C)c1cccc(N(c2cccc(-c3cccc4c3sc3ccccc34)c2)c2c3ccccc3cc3c(N(c4cccc(-c5cccc6c5sc5ccccc56)c4)c4cccc(C(C)C)c4)c4ccccc4cc23)c1. The van der Waals surface area contributed by atoms with E-state index in [0.717, 1.165) is 34.1 Å². The van der Waals surface area contributed by atoms with Crippen molar-refractivity contribution < 1.29 is 0 Å². The smallest absolute Gasteiger partial charge is 0.0619 e. The zero-order valence-corrected chi connectivity index (χ0v) is 44.6. The second kappa shape index (κ2) is 18.7. The molecule has 12 aromatic carbocycles. The maximum atomic E-state index is 2.56. The van der Waals surface area contributed by atoms with Crippen LogP contribution in [0, 0.1) is 0 Å². The second-order valence-electron chi connectivity index (χ2n) is 20.8. The van der Waals surface area contributed by atoms with E-state index in [1.807, 2.05) is 22.7 Å². The first-order valence-electron chi connectivity index (χ1n) is 26.5. The molecule has 14 aromatic rings. The Morgan fingerprint density at radius 3 is 1.08 bits per heavy atom. The summed E-state index contributed by atoms with van der Waals surface area (Å²) < 4.78 is 5.24. The first-order chi connectivity index (χ1) is 37.3. The van der Waals surface area contributed by atoms with Crippen LogP contribution in [0.3, 0.4) is 0 Å². The molecule has 0 saturated heterocycles. The molecule has 76 heavy (non-hydrogen) atoms. The lowest BCUT2D eigenvalue weighted by Crippen LogP contribution is -2.14. The Bertz CT molecular complexity index is 4280. The van der Waals surface area contributed by atoms with Crippen molar-refractivity contribution in [3.05, 3.63) is 254 Å². The van der Waals surface area contributed by atoms with Gasteiger partial charge in [-0.25, -0.2) is 0 Å². The highest BCUT2D eigenvalue weighted by Gasteiger charge is 2.26. The Kier molecular flexibility index (Phi) is 11.3. The molecule has 0 fully saturated rings.